The molecule has 1 amide bonds. The predicted molar refractivity (Wildman–Crippen MR) is 109 cm³/mol. The predicted octanol–water partition coefficient (Wildman–Crippen LogP) is 4.85. The molecule has 0 bridgehead atoms. The summed E-state index contributed by atoms with van der Waals surface area (Å²) in [6, 6.07) is 19.4. The molecule has 2 aromatic carbocycles. The maximum Gasteiger partial charge on any atom is 0.227 e. The van der Waals surface area contributed by atoms with E-state index in [0.717, 1.165) is 17.3 Å². The van der Waals surface area contributed by atoms with E-state index in [1.54, 1.807) is 6.20 Å². The Morgan fingerprint density at radius 3 is 2.37 bits per heavy atom. The molecule has 0 radical (unpaired) electrons. The number of carbonyl (C=O) groups excluding carboxylic acids is 1. The lowest BCUT2D eigenvalue weighted by Gasteiger charge is -2.10. The van der Waals surface area contributed by atoms with E-state index in [9.17, 15) is 4.79 Å². The van der Waals surface area contributed by atoms with Crippen LogP contribution in [-0.4, -0.2) is 17.5 Å². The summed E-state index contributed by atoms with van der Waals surface area (Å²) < 4.78 is 5.53. The third kappa shape index (κ3) is 5.85. The van der Waals surface area contributed by atoms with Crippen LogP contribution in [0.1, 0.15) is 17.5 Å². The van der Waals surface area contributed by atoms with Crippen molar-refractivity contribution in [2.45, 2.75) is 20.3 Å². The zero-order valence-electron chi connectivity index (χ0n) is 15.5. The molecule has 0 unspecified atom stereocenters. The van der Waals surface area contributed by atoms with Crippen molar-refractivity contribution in [3.8, 4) is 5.75 Å². The molecular formula is C22H23N3O2. The lowest BCUT2D eigenvalue weighted by atomic mass is 10.1. The van der Waals surface area contributed by atoms with E-state index in [0.29, 0.717) is 12.3 Å². The SMILES string of the molecule is Cc1cc(C)cc(Nc2ccc(NC(=O)CCOc3ccccc3)cn2)c1. The molecular weight excluding hydrogens is 338 g/mol. The van der Waals surface area contributed by atoms with E-state index in [-0.39, 0.29) is 12.3 Å². The second-order valence-electron chi connectivity index (χ2n) is 6.39. The number of hydrogen-bond donors (Lipinski definition) is 2. The fourth-order valence-corrected chi connectivity index (χ4v) is 2.74. The van der Waals surface area contributed by atoms with E-state index < -0.39 is 0 Å². The zero-order valence-corrected chi connectivity index (χ0v) is 15.5. The number of para-hydroxylation sites is 1. The fourth-order valence-electron chi connectivity index (χ4n) is 2.74. The van der Waals surface area contributed by atoms with Crippen molar-refractivity contribution in [1.82, 2.24) is 4.98 Å². The first-order chi connectivity index (χ1) is 13.1. The van der Waals surface area contributed by atoms with Crippen LogP contribution in [0.3, 0.4) is 0 Å². The molecule has 138 valence electrons. The van der Waals surface area contributed by atoms with Gasteiger partial charge in [-0.1, -0.05) is 24.3 Å². The van der Waals surface area contributed by atoms with Gasteiger partial charge in [0.15, 0.2) is 0 Å². The van der Waals surface area contributed by atoms with Gasteiger partial charge in [0, 0.05) is 5.69 Å². The quantitative estimate of drug-likeness (QED) is 0.631. The van der Waals surface area contributed by atoms with Gasteiger partial charge in [0.2, 0.25) is 5.91 Å². The Morgan fingerprint density at radius 2 is 1.70 bits per heavy atom. The number of pyridine rings is 1. The summed E-state index contributed by atoms with van der Waals surface area (Å²) >= 11 is 0. The van der Waals surface area contributed by atoms with Crippen LogP contribution in [0.25, 0.3) is 0 Å². The number of amides is 1. The molecule has 5 nitrogen and oxygen atoms in total. The van der Waals surface area contributed by atoms with Gasteiger partial charge < -0.3 is 15.4 Å². The number of rotatable bonds is 7. The lowest BCUT2D eigenvalue weighted by molar-refractivity contribution is -0.116. The second-order valence-corrected chi connectivity index (χ2v) is 6.39. The van der Waals surface area contributed by atoms with Gasteiger partial charge in [-0.05, 0) is 61.4 Å². The van der Waals surface area contributed by atoms with Gasteiger partial charge in [-0.3, -0.25) is 4.79 Å². The summed E-state index contributed by atoms with van der Waals surface area (Å²) in [4.78, 5) is 16.4. The summed E-state index contributed by atoms with van der Waals surface area (Å²) in [7, 11) is 0. The van der Waals surface area contributed by atoms with Crippen molar-refractivity contribution in [1.29, 1.82) is 0 Å². The lowest BCUT2D eigenvalue weighted by Crippen LogP contribution is -2.15. The van der Waals surface area contributed by atoms with Crippen molar-refractivity contribution in [3.63, 3.8) is 0 Å². The van der Waals surface area contributed by atoms with E-state index in [4.69, 9.17) is 4.74 Å². The molecule has 0 saturated heterocycles. The molecule has 0 atom stereocenters. The molecule has 2 N–H and O–H groups in total. The van der Waals surface area contributed by atoms with Crippen molar-refractivity contribution < 1.29 is 9.53 Å². The van der Waals surface area contributed by atoms with Gasteiger partial charge in [-0.15, -0.1) is 0 Å². The number of benzene rings is 2. The summed E-state index contributed by atoms with van der Waals surface area (Å²) in [5, 5.41) is 6.10. The van der Waals surface area contributed by atoms with Gasteiger partial charge in [0.05, 0.1) is 24.9 Å². The number of carbonyl (C=O) groups is 1. The fraction of sp³-hybridized carbons (Fsp3) is 0.182. The van der Waals surface area contributed by atoms with Crippen LogP contribution in [0, 0.1) is 13.8 Å². The van der Waals surface area contributed by atoms with Gasteiger partial charge in [-0.25, -0.2) is 4.98 Å². The summed E-state index contributed by atoms with van der Waals surface area (Å²) in [6.07, 6.45) is 1.92. The van der Waals surface area contributed by atoms with Gasteiger partial charge >= 0.3 is 0 Å². The zero-order chi connectivity index (χ0) is 19.1. The minimum Gasteiger partial charge on any atom is -0.493 e. The van der Waals surface area contributed by atoms with Crippen molar-refractivity contribution in [3.05, 3.63) is 78.0 Å². The Bertz CT molecular complexity index is 873. The molecule has 0 aliphatic rings. The smallest absolute Gasteiger partial charge is 0.227 e. The first-order valence-electron chi connectivity index (χ1n) is 8.87. The number of nitrogens with one attached hydrogen (secondary N) is 2. The average Bonchev–Trinajstić information content (AvgIpc) is 2.63. The maximum atomic E-state index is 12.0. The van der Waals surface area contributed by atoms with E-state index in [1.807, 2.05) is 42.5 Å². The molecule has 0 spiro atoms. The molecule has 0 fully saturated rings. The Kier molecular flexibility index (Phi) is 6.05. The number of nitrogens with zero attached hydrogens (tertiary/aromatic N) is 1. The standard InChI is InChI=1S/C22H23N3O2/c1-16-12-17(2)14-19(13-16)24-21-9-8-18(15-23-21)25-22(26)10-11-27-20-6-4-3-5-7-20/h3-9,12-15H,10-11H2,1-2H3,(H,23,24)(H,25,26). The molecule has 5 heteroatoms. The van der Waals surface area contributed by atoms with Crippen molar-refractivity contribution in [2.75, 3.05) is 17.2 Å². The Hall–Kier alpha value is -3.34. The molecule has 0 aliphatic heterocycles. The van der Waals surface area contributed by atoms with Crippen LogP contribution in [0.5, 0.6) is 5.75 Å². The van der Waals surface area contributed by atoms with Gasteiger partial charge in [0.25, 0.3) is 0 Å². The Morgan fingerprint density at radius 1 is 0.963 bits per heavy atom. The van der Waals surface area contributed by atoms with Gasteiger partial charge in [-0.2, -0.15) is 0 Å². The highest BCUT2D eigenvalue weighted by Crippen LogP contribution is 2.19. The molecule has 1 heterocycles. The van der Waals surface area contributed by atoms with Crippen LogP contribution in [0.4, 0.5) is 17.2 Å². The Balaban J connectivity index is 1.49. The molecule has 0 saturated carbocycles. The van der Waals surface area contributed by atoms with E-state index in [2.05, 4.69) is 47.7 Å². The van der Waals surface area contributed by atoms with E-state index >= 15 is 0 Å². The van der Waals surface area contributed by atoms with Crippen molar-refractivity contribution in [2.24, 2.45) is 0 Å². The number of ether oxygens (including phenoxy) is 1. The third-order valence-electron chi connectivity index (χ3n) is 3.88. The first kappa shape index (κ1) is 18.5. The first-order valence-corrected chi connectivity index (χ1v) is 8.87. The molecule has 0 aliphatic carbocycles. The monoisotopic (exact) mass is 361 g/mol. The largest absolute Gasteiger partial charge is 0.493 e. The summed E-state index contributed by atoms with van der Waals surface area (Å²) in [5.41, 5.74) is 4.04. The number of aryl methyl sites for hydroxylation is 2. The number of hydrogen-bond acceptors (Lipinski definition) is 4. The Labute approximate surface area is 159 Å². The normalized spacial score (nSPS) is 10.3. The number of aromatic nitrogens is 1. The van der Waals surface area contributed by atoms with Crippen LogP contribution < -0.4 is 15.4 Å². The molecule has 3 rings (SSSR count). The topological polar surface area (TPSA) is 63.2 Å². The second kappa shape index (κ2) is 8.85. The van der Waals surface area contributed by atoms with Crippen LogP contribution in [0.15, 0.2) is 66.9 Å². The summed E-state index contributed by atoms with van der Waals surface area (Å²) in [6.45, 7) is 4.45. The van der Waals surface area contributed by atoms with Crippen LogP contribution >= 0.6 is 0 Å². The van der Waals surface area contributed by atoms with Crippen LogP contribution in [0.2, 0.25) is 0 Å². The highest BCUT2D eigenvalue weighted by Gasteiger charge is 2.04. The highest BCUT2D eigenvalue weighted by atomic mass is 16.5. The highest BCUT2D eigenvalue weighted by molar-refractivity contribution is 5.90. The van der Waals surface area contributed by atoms with Crippen molar-refractivity contribution >= 4 is 23.1 Å². The average molecular weight is 361 g/mol. The van der Waals surface area contributed by atoms with Gasteiger partial charge in [0.1, 0.15) is 11.6 Å². The summed E-state index contributed by atoms with van der Waals surface area (Å²) in [5.74, 6) is 1.38. The molecule has 1 aromatic heterocycles. The molecule has 3 aromatic rings. The molecule has 27 heavy (non-hydrogen) atoms. The number of anilines is 3. The van der Waals surface area contributed by atoms with Crippen LogP contribution in [-0.2, 0) is 4.79 Å². The third-order valence-corrected chi connectivity index (χ3v) is 3.88. The minimum absolute atomic E-state index is 0.109. The minimum atomic E-state index is -0.109. The van der Waals surface area contributed by atoms with E-state index in [1.165, 1.54) is 11.1 Å². The maximum absolute atomic E-state index is 12.0.